The molecule has 0 aliphatic rings. The number of amides is 1. The highest BCUT2D eigenvalue weighted by Gasteiger charge is 2.28. The lowest BCUT2D eigenvalue weighted by Crippen LogP contribution is -2.46. The Morgan fingerprint density at radius 3 is 2.60 bits per heavy atom. The van der Waals surface area contributed by atoms with Crippen molar-refractivity contribution in [2.24, 2.45) is 0 Å². The van der Waals surface area contributed by atoms with Crippen LogP contribution in [0.4, 0.5) is 0 Å². The number of benzene rings is 1. The maximum Gasteiger partial charge on any atom is 0.253 e. The second-order valence-electron chi connectivity index (χ2n) is 5.06. The van der Waals surface area contributed by atoms with Gasteiger partial charge in [-0.2, -0.15) is 0 Å². The Hall–Kier alpha value is -2.20. The molecule has 0 radical (unpaired) electrons. The van der Waals surface area contributed by atoms with Gasteiger partial charge in [0.25, 0.3) is 5.91 Å². The van der Waals surface area contributed by atoms with Crippen LogP contribution in [0.2, 0.25) is 0 Å². The summed E-state index contributed by atoms with van der Waals surface area (Å²) in [6.07, 6.45) is 3.21. The van der Waals surface area contributed by atoms with Gasteiger partial charge in [0.2, 0.25) is 0 Å². The van der Waals surface area contributed by atoms with Gasteiger partial charge in [0.1, 0.15) is 0 Å². The Morgan fingerprint density at radius 1 is 1.30 bits per heavy atom. The first-order chi connectivity index (χ1) is 9.55. The lowest BCUT2D eigenvalue weighted by Gasteiger charge is -2.29. The molecule has 0 spiro atoms. The van der Waals surface area contributed by atoms with Crippen LogP contribution in [0.5, 0.6) is 0 Å². The summed E-state index contributed by atoms with van der Waals surface area (Å²) >= 11 is 0. The third kappa shape index (κ3) is 3.03. The van der Waals surface area contributed by atoms with E-state index in [0.29, 0.717) is 5.56 Å². The van der Waals surface area contributed by atoms with Crippen molar-refractivity contribution >= 4 is 5.91 Å². The Labute approximate surface area is 118 Å². The zero-order chi connectivity index (χ0) is 14.6. The van der Waals surface area contributed by atoms with Crippen molar-refractivity contribution in [3.63, 3.8) is 0 Å². The predicted octanol–water partition coefficient (Wildman–Crippen LogP) is 2.03. The SMILES string of the molecule is Cc1cncc(C(=O)NC(C)(CO)c2ccccc2)c1. The summed E-state index contributed by atoms with van der Waals surface area (Å²) in [5.74, 6) is -0.249. The Morgan fingerprint density at radius 2 is 2.00 bits per heavy atom. The molecule has 2 rings (SSSR count). The maximum absolute atomic E-state index is 12.3. The molecule has 1 amide bonds. The number of pyridine rings is 1. The molecule has 0 bridgehead atoms. The molecule has 0 saturated heterocycles. The monoisotopic (exact) mass is 270 g/mol. The number of aliphatic hydroxyl groups excluding tert-OH is 1. The molecule has 4 nitrogen and oxygen atoms in total. The van der Waals surface area contributed by atoms with Gasteiger partial charge in [0.15, 0.2) is 0 Å². The minimum Gasteiger partial charge on any atom is -0.394 e. The Bertz CT molecular complexity index is 598. The second kappa shape index (κ2) is 5.84. The Kier molecular flexibility index (Phi) is 4.15. The largest absolute Gasteiger partial charge is 0.394 e. The van der Waals surface area contributed by atoms with Crippen LogP contribution in [-0.4, -0.2) is 22.6 Å². The lowest BCUT2D eigenvalue weighted by molar-refractivity contribution is 0.0849. The van der Waals surface area contributed by atoms with Crippen LogP contribution in [0.1, 0.15) is 28.4 Å². The van der Waals surface area contributed by atoms with Gasteiger partial charge >= 0.3 is 0 Å². The quantitative estimate of drug-likeness (QED) is 0.893. The average Bonchev–Trinajstić information content (AvgIpc) is 2.48. The number of rotatable bonds is 4. The minimum absolute atomic E-state index is 0.179. The molecule has 104 valence electrons. The van der Waals surface area contributed by atoms with E-state index in [0.717, 1.165) is 11.1 Å². The summed E-state index contributed by atoms with van der Waals surface area (Å²) in [4.78, 5) is 16.3. The molecule has 1 heterocycles. The first-order valence-corrected chi connectivity index (χ1v) is 6.46. The molecule has 0 saturated carbocycles. The summed E-state index contributed by atoms with van der Waals surface area (Å²) in [5, 5.41) is 12.5. The summed E-state index contributed by atoms with van der Waals surface area (Å²) < 4.78 is 0. The molecule has 0 fully saturated rings. The molecule has 20 heavy (non-hydrogen) atoms. The van der Waals surface area contributed by atoms with Crippen LogP contribution in [0.25, 0.3) is 0 Å². The molecule has 1 aromatic heterocycles. The van der Waals surface area contributed by atoms with Crippen molar-refractivity contribution in [2.75, 3.05) is 6.61 Å². The molecular weight excluding hydrogens is 252 g/mol. The first kappa shape index (κ1) is 14.2. The molecular formula is C16H18N2O2. The third-order valence-corrected chi connectivity index (χ3v) is 3.25. The van der Waals surface area contributed by atoms with E-state index in [1.54, 1.807) is 19.2 Å². The normalized spacial score (nSPS) is 13.6. The van der Waals surface area contributed by atoms with Gasteiger partial charge in [-0.25, -0.2) is 0 Å². The van der Waals surface area contributed by atoms with Crippen molar-refractivity contribution < 1.29 is 9.90 Å². The fourth-order valence-electron chi connectivity index (χ4n) is 2.01. The highest BCUT2D eigenvalue weighted by Crippen LogP contribution is 2.20. The zero-order valence-electron chi connectivity index (χ0n) is 11.6. The maximum atomic E-state index is 12.3. The predicted molar refractivity (Wildman–Crippen MR) is 77.3 cm³/mol. The second-order valence-corrected chi connectivity index (χ2v) is 5.06. The highest BCUT2D eigenvalue weighted by molar-refractivity contribution is 5.94. The minimum atomic E-state index is -0.817. The van der Waals surface area contributed by atoms with Crippen LogP contribution < -0.4 is 5.32 Å². The topological polar surface area (TPSA) is 62.2 Å². The smallest absolute Gasteiger partial charge is 0.253 e. The van der Waals surface area contributed by atoms with Crippen molar-refractivity contribution in [2.45, 2.75) is 19.4 Å². The van der Waals surface area contributed by atoms with E-state index in [9.17, 15) is 9.90 Å². The van der Waals surface area contributed by atoms with Crippen LogP contribution in [0.15, 0.2) is 48.8 Å². The van der Waals surface area contributed by atoms with Crippen LogP contribution in [-0.2, 0) is 5.54 Å². The number of hydrogen-bond acceptors (Lipinski definition) is 3. The summed E-state index contributed by atoms with van der Waals surface area (Å²) in [5.41, 5.74) is 1.45. The van der Waals surface area contributed by atoms with E-state index >= 15 is 0 Å². The lowest BCUT2D eigenvalue weighted by atomic mass is 9.92. The van der Waals surface area contributed by atoms with E-state index in [2.05, 4.69) is 10.3 Å². The third-order valence-electron chi connectivity index (χ3n) is 3.25. The highest BCUT2D eigenvalue weighted by atomic mass is 16.3. The number of carbonyl (C=O) groups is 1. The van der Waals surface area contributed by atoms with E-state index < -0.39 is 5.54 Å². The molecule has 0 aliphatic carbocycles. The van der Waals surface area contributed by atoms with Gasteiger partial charge in [0.05, 0.1) is 17.7 Å². The molecule has 0 aliphatic heterocycles. The van der Waals surface area contributed by atoms with Crippen molar-refractivity contribution in [1.82, 2.24) is 10.3 Å². The summed E-state index contributed by atoms with van der Waals surface area (Å²) in [6, 6.07) is 11.2. The number of aryl methyl sites for hydroxylation is 1. The molecule has 2 N–H and O–H groups in total. The number of aromatic nitrogens is 1. The first-order valence-electron chi connectivity index (χ1n) is 6.46. The summed E-state index contributed by atoms with van der Waals surface area (Å²) in [6.45, 7) is 3.50. The van der Waals surface area contributed by atoms with Crippen LogP contribution in [0.3, 0.4) is 0 Å². The molecule has 2 aromatic rings. The average molecular weight is 270 g/mol. The van der Waals surface area contributed by atoms with Gasteiger partial charge in [-0.1, -0.05) is 30.3 Å². The van der Waals surface area contributed by atoms with E-state index in [-0.39, 0.29) is 12.5 Å². The fourth-order valence-corrected chi connectivity index (χ4v) is 2.01. The Balaban J connectivity index is 2.24. The van der Waals surface area contributed by atoms with E-state index in [1.165, 1.54) is 6.20 Å². The standard InChI is InChI=1S/C16H18N2O2/c1-12-8-13(10-17-9-12)15(20)18-16(2,11-19)14-6-4-3-5-7-14/h3-10,19H,11H2,1-2H3,(H,18,20). The van der Waals surface area contributed by atoms with Gasteiger partial charge < -0.3 is 10.4 Å². The number of carbonyl (C=O) groups excluding carboxylic acids is 1. The van der Waals surface area contributed by atoms with Crippen LogP contribution in [0, 0.1) is 6.92 Å². The van der Waals surface area contributed by atoms with Gasteiger partial charge in [0, 0.05) is 12.4 Å². The van der Waals surface area contributed by atoms with Crippen molar-refractivity contribution in [3.05, 3.63) is 65.5 Å². The van der Waals surface area contributed by atoms with E-state index in [4.69, 9.17) is 0 Å². The number of aliphatic hydroxyl groups is 1. The van der Waals surface area contributed by atoms with Crippen molar-refractivity contribution in [3.8, 4) is 0 Å². The molecule has 1 unspecified atom stereocenters. The van der Waals surface area contributed by atoms with Gasteiger partial charge in [-0.05, 0) is 31.0 Å². The molecule has 1 atom stereocenters. The number of hydrogen-bond donors (Lipinski definition) is 2. The number of nitrogens with zero attached hydrogens (tertiary/aromatic N) is 1. The molecule has 1 aromatic carbocycles. The molecule has 4 heteroatoms. The van der Waals surface area contributed by atoms with Crippen molar-refractivity contribution in [1.29, 1.82) is 0 Å². The summed E-state index contributed by atoms with van der Waals surface area (Å²) in [7, 11) is 0. The van der Waals surface area contributed by atoms with Gasteiger partial charge in [-0.15, -0.1) is 0 Å². The number of nitrogens with one attached hydrogen (secondary N) is 1. The zero-order valence-corrected chi connectivity index (χ0v) is 11.6. The van der Waals surface area contributed by atoms with E-state index in [1.807, 2.05) is 37.3 Å². The van der Waals surface area contributed by atoms with Crippen LogP contribution >= 0.6 is 0 Å². The fraction of sp³-hybridized carbons (Fsp3) is 0.250. The van der Waals surface area contributed by atoms with Gasteiger partial charge in [-0.3, -0.25) is 9.78 Å².